The van der Waals surface area contributed by atoms with Crippen LogP contribution in [-0.2, 0) is 4.74 Å². The maximum absolute atomic E-state index is 6.24. The SMILES string of the molecule is N[C@@H]1CCCC[C@H]1N1CC2(CCOCC2)C1. The van der Waals surface area contributed by atoms with Gasteiger partial charge in [0.15, 0.2) is 0 Å². The number of nitrogens with zero attached hydrogens (tertiary/aromatic N) is 1. The van der Waals surface area contributed by atoms with E-state index in [-0.39, 0.29) is 0 Å². The highest BCUT2D eigenvalue weighted by Gasteiger charge is 2.47. The van der Waals surface area contributed by atoms with Crippen molar-refractivity contribution in [3.05, 3.63) is 0 Å². The Labute approximate surface area is 98.3 Å². The van der Waals surface area contributed by atoms with Gasteiger partial charge in [-0.05, 0) is 25.7 Å². The molecule has 2 atom stereocenters. The minimum absolute atomic E-state index is 0.436. The molecule has 0 aromatic rings. The molecule has 3 rings (SSSR count). The van der Waals surface area contributed by atoms with Gasteiger partial charge in [-0.25, -0.2) is 0 Å². The van der Waals surface area contributed by atoms with Crippen molar-refractivity contribution in [2.45, 2.75) is 50.6 Å². The van der Waals surface area contributed by atoms with Crippen LogP contribution in [0.4, 0.5) is 0 Å². The standard InChI is InChI=1S/C13H24N2O/c14-11-3-1-2-4-12(11)15-9-13(10-15)5-7-16-8-6-13/h11-12H,1-10,14H2/t11-,12-/m1/s1. The van der Waals surface area contributed by atoms with Crippen LogP contribution >= 0.6 is 0 Å². The monoisotopic (exact) mass is 224 g/mol. The largest absolute Gasteiger partial charge is 0.381 e. The average molecular weight is 224 g/mol. The number of hydrogen-bond acceptors (Lipinski definition) is 3. The normalized spacial score (nSPS) is 39.6. The van der Waals surface area contributed by atoms with Crippen LogP contribution in [0.3, 0.4) is 0 Å². The molecule has 2 aliphatic heterocycles. The van der Waals surface area contributed by atoms with Crippen LogP contribution in [-0.4, -0.2) is 43.3 Å². The van der Waals surface area contributed by atoms with Gasteiger partial charge >= 0.3 is 0 Å². The second-order valence-corrected chi connectivity index (χ2v) is 6.03. The second-order valence-electron chi connectivity index (χ2n) is 6.03. The van der Waals surface area contributed by atoms with Crippen molar-refractivity contribution >= 4 is 0 Å². The van der Waals surface area contributed by atoms with Crippen LogP contribution in [0.1, 0.15) is 38.5 Å². The van der Waals surface area contributed by atoms with E-state index in [9.17, 15) is 0 Å². The van der Waals surface area contributed by atoms with Gasteiger partial charge in [-0.1, -0.05) is 12.8 Å². The predicted molar refractivity (Wildman–Crippen MR) is 64.3 cm³/mol. The molecule has 2 heterocycles. The van der Waals surface area contributed by atoms with Crippen LogP contribution in [0.15, 0.2) is 0 Å². The second kappa shape index (κ2) is 4.28. The Balaban J connectivity index is 1.55. The van der Waals surface area contributed by atoms with Crippen LogP contribution in [0, 0.1) is 5.41 Å². The fraction of sp³-hybridized carbons (Fsp3) is 1.00. The van der Waals surface area contributed by atoms with E-state index in [1.807, 2.05) is 0 Å². The lowest BCUT2D eigenvalue weighted by Gasteiger charge is -2.56. The first kappa shape index (κ1) is 11.0. The molecule has 92 valence electrons. The number of ether oxygens (including phenoxy) is 1. The Morgan fingerprint density at radius 1 is 1.06 bits per heavy atom. The Kier molecular flexibility index (Phi) is 2.94. The summed E-state index contributed by atoms with van der Waals surface area (Å²) in [4.78, 5) is 2.65. The summed E-state index contributed by atoms with van der Waals surface area (Å²) in [5.74, 6) is 0. The summed E-state index contributed by atoms with van der Waals surface area (Å²) in [6.45, 7) is 4.53. The van der Waals surface area contributed by atoms with Gasteiger partial charge in [-0.2, -0.15) is 0 Å². The van der Waals surface area contributed by atoms with Crippen LogP contribution in [0.2, 0.25) is 0 Å². The molecule has 0 amide bonds. The van der Waals surface area contributed by atoms with Crippen molar-refractivity contribution in [2.75, 3.05) is 26.3 Å². The molecule has 3 aliphatic rings. The summed E-state index contributed by atoms with van der Waals surface area (Å²) in [7, 11) is 0. The lowest BCUT2D eigenvalue weighted by molar-refractivity contribution is -0.104. The first-order valence-electron chi connectivity index (χ1n) is 6.87. The Bertz CT molecular complexity index is 242. The number of hydrogen-bond donors (Lipinski definition) is 1. The zero-order valence-electron chi connectivity index (χ0n) is 10.2. The van der Waals surface area contributed by atoms with Crippen molar-refractivity contribution < 1.29 is 4.74 Å². The smallest absolute Gasteiger partial charge is 0.0472 e. The molecule has 0 aromatic carbocycles. The average Bonchev–Trinajstić information content (AvgIpc) is 2.28. The van der Waals surface area contributed by atoms with Gasteiger partial charge < -0.3 is 10.5 Å². The van der Waals surface area contributed by atoms with Crippen molar-refractivity contribution in [3.63, 3.8) is 0 Å². The lowest BCUT2D eigenvalue weighted by atomic mass is 9.71. The quantitative estimate of drug-likeness (QED) is 0.731. The fourth-order valence-electron chi connectivity index (χ4n) is 3.76. The molecular weight excluding hydrogens is 200 g/mol. The Morgan fingerprint density at radius 3 is 2.44 bits per heavy atom. The molecule has 0 radical (unpaired) electrons. The van der Waals surface area contributed by atoms with Crippen LogP contribution in [0.25, 0.3) is 0 Å². The first-order valence-corrected chi connectivity index (χ1v) is 6.87. The van der Waals surface area contributed by atoms with Gasteiger partial charge in [-0.15, -0.1) is 0 Å². The molecule has 1 spiro atoms. The molecule has 3 fully saturated rings. The third kappa shape index (κ3) is 1.89. The molecule has 2 saturated heterocycles. The van der Waals surface area contributed by atoms with E-state index in [2.05, 4.69) is 4.90 Å². The number of likely N-dealkylation sites (tertiary alicyclic amines) is 1. The molecule has 0 unspecified atom stereocenters. The van der Waals surface area contributed by atoms with E-state index < -0.39 is 0 Å². The van der Waals surface area contributed by atoms with Gasteiger partial charge in [0.05, 0.1) is 0 Å². The molecule has 3 heteroatoms. The van der Waals surface area contributed by atoms with Crippen LogP contribution < -0.4 is 5.73 Å². The highest BCUT2D eigenvalue weighted by Crippen LogP contribution is 2.42. The summed E-state index contributed by atoms with van der Waals surface area (Å²) in [6.07, 6.45) is 7.82. The van der Waals surface area contributed by atoms with Gasteiger partial charge in [-0.3, -0.25) is 4.90 Å². The van der Waals surface area contributed by atoms with Crippen molar-refractivity contribution in [1.82, 2.24) is 4.90 Å². The summed E-state index contributed by atoms with van der Waals surface area (Å²) in [5, 5.41) is 0. The van der Waals surface area contributed by atoms with Crippen molar-refractivity contribution in [3.8, 4) is 0 Å². The molecular formula is C13H24N2O. The van der Waals surface area contributed by atoms with E-state index in [1.54, 1.807) is 0 Å². The third-order valence-corrected chi connectivity index (χ3v) is 4.88. The van der Waals surface area contributed by atoms with Crippen molar-refractivity contribution in [2.24, 2.45) is 11.1 Å². The molecule has 1 aliphatic carbocycles. The number of nitrogens with two attached hydrogens (primary N) is 1. The van der Waals surface area contributed by atoms with E-state index in [0.29, 0.717) is 17.5 Å². The Hall–Kier alpha value is -0.120. The van der Waals surface area contributed by atoms with Crippen LogP contribution in [0.5, 0.6) is 0 Å². The summed E-state index contributed by atoms with van der Waals surface area (Å²) < 4.78 is 5.46. The van der Waals surface area contributed by atoms with Gasteiger partial charge in [0.1, 0.15) is 0 Å². The molecule has 3 nitrogen and oxygen atoms in total. The first-order chi connectivity index (χ1) is 7.79. The zero-order valence-corrected chi connectivity index (χ0v) is 10.2. The lowest BCUT2D eigenvalue weighted by Crippen LogP contribution is -2.65. The van der Waals surface area contributed by atoms with Gasteiger partial charge in [0.2, 0.25) is 0 Å². The topological polar surface area (TPSA) is 38.5 Å². The molecule has 2 N–H and O–H groups in total. The van der Waals surface area contributed by atoms with E-state index >= 15 is 0 Å². The van der Waals surface area contributed by atoms with E-state index in [4.69, 9.17) is 10.5 Å². The van der Waals surface area contributed by atoms with E-state index in [1.165, 1.54) is 51.6 Å². The van der Waals surface area contributed by atoms with Crippen molar-refractivity contribution in [1.29, 1.82) is 0 Å². The van der Waals surface area contributed by atoms with Gasteiger partial charge in [0, 0.05) is 43.8 Å². The summed E-state index contributed by atoms with van der Waals surface area (Å²) in [5.41, 5.74) is 6.85. The molecule has 1 saturated carbocycles. The molecule has 0 bridgehead atoms. The predicted octanol–water partition coefficient (Wildman–Crippen LogP) is 1.37. The fourth-order valence-corrected chi connectivity index (χ4v) is 3.76. The molecule has 0 aromatic heterocycles. The third-order valence-electron chi connectivity index (χ3n) is 4.88. The van der Waals surface area contributed by atoms with E-state index in [0.717, 1.165) is 13.2 Å². The summed E-state index contributed by atoms with van der Waals surface area (Å²) >= 11 is 0. The maximum Gasteiger partial charge on any atom is 0.0472 e. The minimum atomic E-state index is 0.436. The Morgan fingerprint density at radius 2 is 1.75 bits per heavy atom. The van der Waals surface area contributed by atoms with Gasteiger partial charge in [0.25, 0.3) is 0 Å². The minimum Gasteiger partial charge on any atom is -0.381 e. The summed E-state index contributed by atoms with van der Waals surface area (Å²) in [6, 6.07) is 1.12. The zero-order chi connectivity index (χ0) is 11.0. The highest BCUT2D eigenvalue weighted by molar-refractivity contribution is 5.01. The highest BCUT2D eigenvalue weighted by atomic mass is 16.5. The molecule has 16 heavy (non-hydrogen) atoms. The number of rotatable bonds is 1. The maximum atomic E-state index is 6.24.